The predicted molar refractivity (Wildman–Crippen MR) is 91.3 cm³/mol. The SMILES string of the molecule is CN=C(NCc1ccco1)NCC(C)(C)c1ccc(F)cc1Cl. The largest absolute Gasteiger partial charge is 0.467 e. The summed E-state index contributed by atoms with van der Waals surface area (Å²) < 4.78 is 18.5. The molecule has 0 aliphatic heterocycles. The molecule has 2 rings (SSSR count). The third-order valence-electron chi connectivity index (χ3n) is 3.59. The van der Waals surface area contributed by atoms with E-state index in [2.05, 4.69) is 15.6 Å². The molecule has 4 nitrogen and oxygen atoms in total. The van der Waals surface area contributed by atoms with Gasteiger partial charge in [0.2, 0.25) is 0 Å². The zero-order chi connectivity index (χ0) is 16.9. The topological polar surface area (TPSA) is 49.6 Å². The number of hydrogen-bond acceptors (Lipinski definition) is 2. The maximum absolute atomic E-state index is 13.2. The molecule has 2 N–H and O–H groups in total. The molecule has 0 saturated carbocycles. The average Bonchev–Trinajstić information content (AvgIpc) is 3.00. The first kappa shape index (κ1) is 17.3. The van der Waals surface area contributed by atoms with Crippen LogP contribution in [0.3, 0.4) is 0 Å². The highest BCUT2D eigenvalue weighted by atomic mass is 35.5. The summed E-state index contributed by atoms with van der Waals surface area (Å²) in [5.74, 6) is 1.15. The van der Waals surface area contributed by atoms with Crippen molar-refractivity contribution < 1.29 is 8.81 Å². The second-order valence-electron chi connectivity index (χ2n) is 5.87. The molecule has 0 fully saturated rings. The highest BCUT2D eigenvalue weighted by molar-refractivity contribution is 6.31. The van der Waals surface area contributed by atoms with Crippen LogP contribution in [0.4, 0.5) is 4.39 Å². The van der Waals surface area contributed by atoms with Crippen molar-refractivity contribution in [3.63, 3.8) is 0 Å². The third kappa shape index (κ3) is 4.73. The first-order valence-corrected chi connectivity index (χ1v) is 7.72. The molecule has 0 bridgehead atoms. The Morgan fingerprint density at radius 3 is 2.70 bits per heavy atom. The lowest BCUT2D eigenvalue weighted by Crippen LogP contribution is -2.43. The van der Waals surface area contributed by atoms with Gasteiger partial charge in [0, 0.05) is 24.0 Å². The summed E-state index contributed by atoms with van der Waals surface area (Å²) in [6, 6.07) is 8.21. The van der Waals surface area contributed by atoms with Gasteiger partial charge in [-0.3, -0.25) is 4.99 Å². The summed E-state index contributed by atoms with van der Waals surface area (Å²) in [5, 5.41) is 6.86. The molecule has 0 aliphatic rings. The van der Waals surface area contributed by atoms with E-state index in [0.29, 0.717) is 24.1 Å². The van der Waals surface area contributed by atoms with Crippen LogP contribution in [0.25, 0.3) is 0 Å². The lowest BCUT2D eigenvalue weighted by Gasteiger charge is -2.27. The molecular weight excluding hydrogens is 317 g/mol. The first-order chi connectivity index (χ1) is 10.9. The highest BCUT2D eigenvalue weighted by Crippen LogP contribution is 2.29. The van der Waals surface area contributed by atoms with Gasteiger partial charge in [-0.1, -0.05) is 31.5 Å². The van der Waals surface area contributed by atoms with E-state index < -0.39 is 0 Å². The Morgan fingerprint density at radius 1 is 1.30 bits per heavy atom. The fourth-order valence-corrected chi connectivity index (χ4v) is 2.67. The maximum Gasteiger partial charge on any atom is 0.191 e. The number of hydrogen-bond donors (Lipinski definition) is 2. The minimum Gasteiger partial charge on any atom is -0.467 e. The van der Waals surface area contributed by atoms with Crippen LogP contribution in [0.5, 0.6) is 0 Å². The Morgan fingerprint density at radius 2 is 2.09 bits per heavy atom. The van der Waals surface area contributed by atoms with Crippen LogP contribution >= 0.6 is 11.6 Å². The molecule has 1 aromatic carbocycles. The summed E-state index contributed by atoms with van der Waals surface area (Å²) in [4.78, 5) is 4.18. The van der Waals surface area contributed by atoms with Gasteiger partial charge in [-0.05, 0) is 29.8 Å². The molecule has 0 aliphatic carbocycles. The van der Waals surface area contributed by atoms with E-state index in [9.17, 15) is 4.39 Å². The van der Waals surface area contributed by atoms with E-state index in [1.807, 2.05) is 26.0 Å². The second kappa shape index (κ2) is 7.51. The van der Waals surface area contributed by atoms with Gasteiger partial charge in [-0.25, -0.2) is 4.39 Å². The number of benzene rings is 1. The minimum absolute atomic E-state index is 0.285. The van der Waals surface area contributed by atoms with Crippen LogP contribution in [0.1, 0.15) is 25.2 Å². The van der Waals surface area contributed by atoms with Gasteiger partial charge in [-0.15, -0.1) is 0 Å². The molecular formula is C17H21ClFN3O. The molecule has 23 heavy (non-hydrogen) atoms. The number of halogens is 2. The highest BCUT2D eigenvalue weighted by Gasteiger charge is 2.24. The van der Waals surface area contributed by atoms with Crippen LogP contribution in [0.15, 0.2) is 46.0 Å². The van der Waals surface area contributed by atoms with Crippen LogP contribution in [0.2, 0.25) is 5.02 Å². The number of rotatable bonds is 5. The van der Waals surface area contributed by atoms with Crippen molar-refractivity contribution in [2.24, 2.45) is 4.99 Å². The van der Waals surface area contributed by atoms with Gasteiger partial charge in [-0.2, -0.15) is 0 Å². The summed E-state index contributed by atoms with van der Waals surface area (Å²) in [6.07, 6.45) is 1.63. The van der Waals surface area contributed by atoms with Crippen LogP contribution in [-0.2, 0) is 12.0 Å². The number of guanidine groups is 1. The van der Waals surface area contributed by atoms with E-state index in [1.54, 1.807) is 19.4 Å². The third-order valence-corrected chi connectivity index (χ3v) is 3.90. The molecule has 0 atom stereocenters. The zero-order valence-corrected chi connectivity index (χ0v) is 14.2. The Hall–Kier alpha value is -2.01. The number of furan rings is 1. The molecule has 0 unspecified atom stereocenters. The van der Waals surface area contributed by atoms with Gasteiger partial charge in [0.15, 0.2) is 5.96 Å². The molecule has 124 valence electrons. The summed E-state index contributed by atoms with van der Waals surface area (Å²) in [6.45, 7) is 5.22. The quantitative estimate of drug-likeness (QED) is 0.646. The number of nitrogens with zero attached hydrogens (tertiary/aromatic N) is 1. The van der Waals surface area contributed by atoms with E-state index in [1.165, 1.54) is 12.1 Å². The fraction of sp³-hybridized carbons (Fsp3) is 0.353. The first-order valence-electron chi connectivity index (χ1n) is 7.35. The van der Waals surface area contributed by atoms with Gasteiger partial charge < -0.3 is 15.1 Å². The number of aliphatic imine (C=N–C) groups is 1. The van der Waals surface area contributed by atoms with Crippen molar-refractivity contribution in [1.82, 2.24) is 10.6 Å². The fourth-order valence-electron chi connectivity index (χ4n) is 2.24. The Bertz CT molecular complexity index is 668. The Balaban J connectivity index is 1.96. The molecule has 1 heterocycles. The molecule has 0 spiro atoms. The van der Waals surface area contributed by atoms with Crippen molar-refractivity contribution in [2.75, 3.05) is 13.6 Å². The van der Waals surface area contributed by atoms with Crippen LogP contribution < -0.4 is 10.6 Å². The van der Waals surface area contributed by atoms with E-state index in [0.717, 1.165) is 11.3 Å². The molecule has 6 heteroatoms. The molecule has 0 saturated heterocycles. The van der Waals surface area contributed by atoms with E-state index >= 15 is 0 Å². The Labute approximate surface area is 140 Å². The van der Waals surface area contributed by atoms with E-state index in [4.69, 9.17) is 16.0 Å². The van der Waals surface area contributed by atoms with Gasteiger partial charge in [0.05, 0.1) is 12.8 Å². The van der Waals surface area contributed by atoms with Gasteiger partial charge in [0.1, 0.15) is 11.6 Å². The zero-order valence-electron chi connectivity index (χ0n) is 13.5. The minimum atomic E-state index is -0.335. The summed E-state index contributed by atoms with van der Waals surface area (Å²) in [5.41, 5.74) is 0.599. The standard InChI is InChI=1S/C17H21ClFN3O/c1-17(2,14-7-6-12(19)9-15(14)18)11-22-16(20-3)21-10-13-5-4-8-23-13/h4-9H,10-11H2,1-3H3,(H2,20,21,22). The molecule has 1 aromatic heterocycles. The predicted octanol–water partition coefficient (Wildman–Crippen LogP) is 3.71. The molecule has 2 aromatic rings. The maximum atomic E-state index is 13.2. The number of nitrogens with one attached hydrogen (secondary N) is 2. The molecule has 0 radical (unpaired) electrons. The van der Waals surface area contributed by atoms with Crippen molar-refractivity contribution in [2.45, 2.75) is 25.8 Å². The lowest BCUT2D eigenvalue weighted by molar-refractivity contribution is 0.492. The van der Waals surface area contributed by atoms with Crippen LogP contribution in [0, 0.1) is 5.82 Å². The van der Waals surface area contributed by atoms with Crippen LogP contribution in [-0.4, -0.2) is 19.6 Å². The normalized spacial score (nSPS) is 12.3. The average molecular weight is 338 g/mol. The molecule has 0 amide bonds. The van der Waals surface area contributed by atoms with Crippen molar-refractivity contribution in [3.05, 3.63) is 58.8 Å². The summed E-state index contributed by atoms with van der Waals surface area (Å²) in [7, 11) is 1.70. The smallest absolute Gasteiger partial charge is 0.191 e. The summed E-state index contributed by atoms with van der Waals surface area (Å²) >= 11 is 6.17. The van der Waals surface area contributed by atoms with Gasteiger partial charge >= 0.3 is 0 Å². The Kier molecular flexibility index (Phi) is 5.66. The van der Waals surface area contributed by atoms with E-state index in [-0.39, 0.29) is 11.2 Å². The second-order valence-corrected chi connectivity index (χ2v) is 6.27. The lowest BCUT2D eigenvalue weighted by atomic mass is 9.84. The van der Waals surface area contributed by atoms with Crippen molar-refractivity contribution in [3.8, 4) is 0 Å². The monoisotopic (exact) mass is 337 g/mol. The van der Waals surface area contributed by atoms with Crippen molar-refractivity contribution >= 4 is 17.6 Å². The van der Waals surface area contributed by atoms with Gasteiger partial charge in [0.25, 0.3) is 0 Å². The van der Waals surface area contributed by atoms with Crippen molar-refractivity contribution in [1.29, 1.82) is 0 Å².